The molecule has 1 aliphatic heterocycles. The maximum atomic E-state index is 12.5. The highest BCUT2D eigenvalue weighted by Crippen LogP contribution is 2.27. The SMILES string of the molecule is Cn1c(NCC2CN(c3cc4c(nn3)CCC4)C2)nc2ccccc2c1=O. The molecule has 0 amide bonds. The quantitative estimate of drug-likeness (QED) is 0.762. The molecule has 0 saturated carbocycles. The van der Waals surface area contributed by atoms with Crippen LogP contribution in [0.15, 0.2) is 35.1 Å². The van der Waals surface area contributed by atoms with E-state index in [1.165, 1.54) is 17.7 Å². The minimum Gasteiger partial charge on any atom is -0.355 e. The number of aryl methyl sites for hydroxylation is 2. The van der Waals surface area contributed by atoms with Crippen LogP contribution in [0.25, 0.3) is 10.9 Å². The molecule has 7 heteroatoms. The Labute approximate surface area is 157 Å². The molecule has 0 bridgehead atoms. The monoisotopic (exact) mass is 362 g/mol. The van der Waals surface area contributed by atoms with Gasteiger partial charge in [-0.15, -0.1) is 5.10 Å². The van der Waals surface area contributed by atoms with Crippen molar-refractivity contribution < 1.29 is 0 Å². The molecule has 0 atom stereocenters. The first-order valence-corrected chi connectivity index (χ1v) is 9.49. The van der Waals surface area contributed by atoms with E-state index in [4.69, 9.17) is 0 Å². The topological polar surface area (TPSA) is 75.9 Å². The smallest absolute Gasteiger partial charge is 0.262 e. The maximum Gasteiger partial charge on any atom is 0.262 e. The molecule has 7 nitrogen and oxygen atoms in total. The molecule has 1 saturated heterocycles. The van der Waals surface area contributed by atoms with Crippen molar-refractivity contribution in [3.05, 3.63) is 51.9 Å². The summed E-state index contributed by atoms with van der Waals surface area (Å²) in [6.45, 7) is 2.68. The Kier molecular flexibility index (Phi) is 3.81. The number of aromatic nitrogens is 4. The van der Waals surface area contributed by atoms with Crippen LogP contribution >= 0.6 is 0 Å². The lowest BCUT2D eigenvalue weighted by Crippen LogP contribution is -2.50. The molecule has 1 N–H and O–H groups in total. The van der Waals surface area contributed by atoms with E-state index in [0.29, 0.717) is 17.3 Å². The van der Waals surface area contributed by atoms with Crippen LogP contribution in [0.3, 0.4) is 0 Å². The normalized spacial score (nSPS) is 16.4. The fraction of sp³-hybridized carbons (Fsp3) is 0.400. The van der Waals surface area contributed by atoms with Gasteiger partial charge in [-0.2, -0.15) is 5.10 Å². The highest BCUT2D eigenvalue weighted by Gasteiger charge is 2.29. The van der Waals surface area contributed by atoms with Crippen LogP contribution in [0, 0.1) is 5.92 Å². The van der Waals surface area contributed by atoms with Crippen molar-refractivity contribution in [1.29, 1.82) is 0 Å². The Hall–Kier alpha value is -2.96. The van der Waals surface area contributed by atoms with E-state index >= 15 is 0 Å². The third-order valence-electron chi connectivity index (χ3n) is 5.62. The summed E-state index contributed by atoms with van der Waals surface area (Å²) in [7, 11) is 1.76. The molecule has 0 radical (unpaired) electrons. The summed E-state index contributed by atoms with van der Waals surface area (Å²) in [5, 5.41) is 12.8. The third-order valence-corrected chi connectivity index (χ3v) is 5.62. The van der Waals surface area contributed by atoms with Crippen molar-refractivity contribution >= 4 is 22.7 Å². The van der Waals surface area contributed by atoms with Gasteiger partial charge in [0.25, 0.3) is 5.56 Å². The first kappa shape index (κ1) is 16.2. The van der Waals surface area contributed by atoms with Gasteiger partial charge >= 0.3 is 0 Å². The second-order valence-corrected chi connectivity index (χ2v) is 7.50. The summed E-state index contributed by atoms with van der Waals surface area (Å²) in [6.07, 6.45) is 3.38. The summed E-state index contributed by atoms with van der Waals surface area (Å²) in [5.41, 5.74) is 3.23. The molecule has 3 aromatic rings. The van der Waals surface area contributed by atoms with Gasteiger partial charge in [0.05, 0.1) is 16.6 Å². The van der Waals surface area contributed by atoms with Gasteiger partial charge in [-0.1, -0.05) is 12.1 Å². The fourth-order valence-electron chi connectivity index (χ4n) is 3.97. The highest BCUT2D eigenvalue weighted by atomic mass is 16.1. The molecule has 2 aromatic heterocycles. The molecule has 1 aromatic carbocycles. The van der Waals surface area contributed by atoms with E-state index in [-0.39, 0.29) is 5.56 Å². The number of fused-ring (bicyclic) bond motifs is 2. The zero-order chi connectivity index (χ0) is 18.4. The Morgan fingerprint density at radius 1 is 1.19 bits per heavy atom. The van der Waals surface area contributed by atoms with Crippen molar-refractivity contribution in [2.24, 2.45) is 13.0 Å². The largest absolute Gasteiger partial charge is 0.355 e. The highest BCUT2D eigenvalue weighted by molar-refractivity contribution is 5.78. The Balaban J connectivity index is 1.24. The average molecular weight is 362 g/mol. The summed E-state index contributed by atoms with van der Waals surface area (Å²) in [5.74, 6) is 2.11. The molecule has 3 heterocycles. The lowest BCUT2D eigenvalue weighted by Gasteiger charge is -2.40. The van der Waals surface area contributed by atoms with Gasteiger partial charge in [0.15, 0.2) is 5.82 Å². The summed E-state index contributed by atoms with van der Waals surface area (Å²) in [6, 6.07) is 9.66. The van der Waals surface area contributed by atoms with Crippen LogP contribution in [0.5, 0.6) is 0 Å². The van der Waals surface area contributed by atoms with E-state index in [2.05, 4.69) is 31.5 Å². The van der Waals surface area contributed by atoms with Crippen molar-refractivity contribution in [2.75, 3.05) is 29.9 Å². The van der Waals surface area contributed by atoms with Crippen LogP contribution in [-0.2, 0) is 19.9 Å². The molecular weight excluding hydrogens is 340 g/mol. The molecular formula is C20H22N6O. The number of nitrogens with zero attached hydrogens (tertiary/aromatic N) is 5. The van der Waals surface area contributed by atoms with Crippen LogP contribution in [0.1, 0.15) is 17.7 Å². The zero-order valence-corrected chi connectivity index (χ0v) is 15.4. The van der Waals surface area contributed by atoms with Crippen molar-refractivity contribution in [2.45, 2.75) is 19.3 Å². The van der Waals surface area contributed by atoms with Gasteiger partial charge in [0, 0.05) is 32.6 Å². The third kappa shape index (κ3) is 2.83. The molecule has 5 rings (SSSR count). The Morgan fingerprint density at radius 2 is 2.04 bits per heavy atom. The van der Waals surface area contributed by atoms with Gasteiger partial charge in [-0.3, -0.25) is 9.36 Å². The summed E-state index contributed by atoms with van der Waals surface area (Å²) < 4.78 is 1.59. The van der Waals surface area contributed by atoms with E-state index in [9.17, 15) is 4.79 Å². The lowest BCUT2D eigenvalue weighted by molar-refractivity contribution is 0.424. The summed E-state index contributed by atoms with van der Waals surface area (Å²) >= 11 is 0. The standard InChI is InChI=1S/C20H22N6O/c1-25-19(27)15-6-2-3-7-17(15)22-20(25)21-10-13-11-26(12-13)18-9-14-5-4-8-16(14)23-24-18/h2-3,6-7,9,13H,4-5,8,10-12H2,1H3,(H,21,22). The van der Waals surface area contributed by atoms with Gasteiger partial charge in [0.2, 0.25) is 5.95 Å². The molecule has 2 aliphatic rings. The zero-order valence-electron chi connectivity index (χ0n) is 15.4. The van der Waals surface area contributed by atoms with E-state index in [1.54, 1.807) is 11.6 Å². The molecule has 27 heavy (non-hydrogen) atoms. The summed E-state index contributed by atoms with van der Waals surface area (Å²) in [4.78, 5) is 19.3. The number of anilines is 2. The van der Waals surface area contributed by atoms with Crippen molar-refractivity contribution in [1.82, 2.24) is 19.7 Å². The number of hydrogen-bond acceptors (Lipinski definition) is 6. The van der Waals surface area contributed by atoms with Crippen LogP contribution in [-0.4, -0.2) is 39.4 Å². The first-order chi connectivity index (χ1) is 13.2. The minimum atomic E-state index is -0.0215. The second kappa shape index (κ2) is 6.33. The van der Waals surface area contributed by atoms with Gasteiger partial charge in [-0.25, -0.2) is 4.98 Å². The Bertz CT molecular complexity index is 1070. The lowest BCUT2D eigenvalue weighted by atomic mass is 10.00. The van der Waals surface area contributed by atoms with E-state index in [0.717, 1.165) is 43.8 Å². The van der Waals surface area contributed by atoms with Crippen molar-refractivity contribution in [3.63, 3.8) is 0 Å². The van der Waals surface area contributed by atoms with Crippen LogP contribution in [0.2, 0.25) is 0 Å². The second-order valence-electron chi connectivity index (χ2n) is 7.50. The number of rotatable bonds is 4. The molecule has 0 spiro atoms. The van der Waals surface area contributed by atoms with Crippen molar-refractivity contribution in [3.8, 4) is 0 Å². The van der Waals surface area contributed by atoms with E-state index in [1.807, 2.05) is 24.3 Å². The predicted molar refractivity (Wildman–Crippen MR) is 105 cm³/mol. The number of benzene rings is 1. The fourth-order valence-corrected chi connectivity index (χ4v) is 3.97. The first-order valence-electron chi connectivity index (χ1n) is 9.49. The molecule has 1 fully saturated rings. The van der Waals surface area contributed by atoms with Crippen LogP contribution in [0.4, 0.5) is 11.8 Å². The van der Waals surface area contributed by atoms with Gasteiger partial charge in [0.1, 0.15) is 0 Å². The molecule has 138 valence electrons. The number of para-hydroxylation sites is 1. The predicted octanol–water partition coefficient (Wildman–Crippen LogP) is 1.76. The number of nitrogens with one attached hydrogen (secondary N) is 1. The minimum absolute atomic E-state index is 0.0215. The van der Waals surface area contributed by atoms with Gasteiger partial charge < -0.3 is 10.2 Å². The van der Waals surface area contributed by atoms with Crippen LogP contribution < -0.4 is 15.8 Å². The number of hydrogen-bond donors (Lipinski definition) is 1. The van der Waals surface area contributed by atoms with Gasteiger partial charge in [-0.05, 0) is 43.0 Å². The Morgan fingerprint density at radius 3 is 2.93 bits per heavy atom. The van der Waals surface area contributed by atoms with E-state index < -0.39 is 0 Å². The average Bonchev–Trinajstić information content (AvgIpc) is 3.12. The molecule has 0 unspecified atom stereocenters. The molecule has 1 aliphatic carbocycles. The maximum absolute atomic E-state index is 12.5.